The molecule has 1 aromatic carbocycles. The largest absolute Gasteiger partial charge is 0.505 e. The highest BCUT2D eigenvalue weighted by Gasteiger charge is 2.42. The normalized spacial score (nSPS) is 15.5. The summed E-state index contributed by atoms with van der Waals surface area (Å²) in [5, 5.41) is 16.3. The first-order chi connectivity index (χ1) is 19.0. The second-order valence-corrected chi connectivity index (χ2v) is 11.1. The van der Waals surface area contributed by atoms with E-state index in [1.165, 1.54) is 21.0 Å². The minimum absolute atomic E-state index is 0.142. The van der Waals surface area contributed by atoms with E-state index in [1.807, 2.05) is 13.8 Å². The molecule has 3 rings (SSSR count). The van der Waals surface area contributed by atoms with Crippen LogP contribution in [0.4, 0.5) is 18.9 Å². The number of benzene rings is 1. The molecule has 0 fully saturated rings. The van der Waals surface area contributed by atoms with E-state index < -0.39 is 67.3 Å². The van der Waals surface area contributed by atoms with E-state index in [0.29, 0.717) is 18.2 Å². The number of sulfonamides is 1. The van der Waals surface area contributed by atoms with Crippen LogP contribution in [0.25, 0.3) is 0 Å². The number of ether oxygens (including phenoxy) is 1. The Hall–Kier alpha value is -4.01. The Bertz CT molecular complexity index is 1510. The summed E-state index contributed by atoms with van der Waals surface area (Å²) in [7, 11) is -2.25. The van der Waals surface area contributed by atoms with Crippen LogP contribution < -0.4 is 10.6 Å². The molecule has 0 unspecified atom stereocenters. The fourth-order valence-corrected chi connectivity index (χ4v) is 5.11. The number of hydrogen-bond donors (Lipinski definition) is 3. The lowest BCUT2D eigenvalue weighted by atomic mass is 10.0. The Labute approximate surface area is 235 Å². The van der Waals surface area contributed by atoms with Crippen molar-refractivity contribution in [3.05, 3.63) is 57.5 Å². The summed E-state index contributed by atoms with van der Waals surface area (Å²) in [5.41, 5.74) is -2.57. The lowest BCUT2D eigenvalue weighted by Gasteiger charge is -2.21. The molecule has 41 heavy (non-hydrogen) atoms. The standard InChI is InChI=1S/C26H31F3N4O7S/c1-7-16(18-11-14(12-40-18)13(3)4)31-23-20(22(25(36)39-8-2)41(37,38)32-23)30-17-10-9-15(26(27,28)29)19(21(17)34)24(35)33(5)6/h9-13,16,30,34H,7-8H2,1-6H3,(H,31,32)/t16-/m1/s1. The van der Waals surface area contributed by atoms with Crippen molar-refractivity contribution in [1.29, 1.82) is 0 Å². The molecular weight excluding hydrogens is 569 g/mol. The number of amides is 1. The number of nitrogens with zero attached hydrogens (tertiary/aromatic N) is 2. The third kappa shape index (κ3) is 6.50. The van der Waals surface area contributed by atoms with E-state index in [0.717, 1.165) is 16.5 Å². The van der Waals surface area contributed by atoms with Crippen molar-refractivity contribution in [2.75, 3.05) is 26.0 Å². The summed E-state index contributed by atoms with van der Waals surface area (Å²) < 4.78 is 81.4. The minimum Gasteiger partial charge on any atom is -0.505 e. The van der Waals surface area contributed by atoms with Crippen molar-refractivity contribution in [2.24, 2.45) is 4.40 Å². The molecule has 0 saturated carbocycles. The van der Waals surface area contributed by atoms with Gasteiger partial charge in [0.05, 0.1) is 35.7 Å². The molecule has 2 heterocycles. The van der Waals surface area contributed by atoms with Gasteiger partial charge in [0.15, 0.2) is 11.6 Å². The molecule has 0 spiro atoms. The van der Waals surface area contributed by atoms with Crippen molar-refractivity contribution in [3.8, 4) is 5.75 Å². The first-order valence-corrected chi connectivity index (χ1v) is 14.0. The Balaban J connectivity index is 2.17. The number of nitrogens with one attached hydrogen (secondary N) is 2. The van der Waals surface area contributed by atoms with Gasteiger partial charge in [-0.25, -0.2) is 4.79 Å². The molecule has 0 saturated heterocycles. The summed E-state index contributed by atoms with van der Waals surface area (Å²) in [6.45, 7) is 6.95. The van der Waals surface area contributed by atoms with E-state index in [9.17, 15) is 36.3 Å². The maximum Gasteiger partial charge on any atom is 0.417 e. The zero-order chi connectivity index (χ0) is 30.9. The first-order valence-electron chi connectivity index (χ1n) is 12.6. The van der Waals surface area contributed by atoms with Gasteiger partial charge in [-0.2, -0.15) is 21.6 Å². The Morgan fingerprint density at radius 3 is 2.37 bits per heavy atom. The van der Waals surface area contributed by atoms with Gasteiger partial charge in [-0.3, -0.25) is 4.79 Å². The van der Waals surface area contributed by atoms with Crippen LogP contribution >= 0.6 is 0 Å². The van der Waals surface area contributed by atoms with Crippen LogP contribution in [0.5, 0.6) is 5.75 Å². The van der Waals surface area contributed by atoms with Gasteiger partial charge in [0.2, 0.25) is 4.91 Å². The van der Waals surface area contributed by atoms with E-state index in [2.05, 4.69) is 15.0 Å². The first kappa shape index (κ1) is 31.5. The summed E-state index contributed by atoms with van der Waals surface area (Å²) in [6, 6.07) is 2.51. The van der Waals surface area contributed by atoms with E-state index in [-0.39, 0.29) is 18.4 Å². The molecule has 1 atom stereocenters. The van der Waals surface area contributed by atoms with Crippen molar-refractivity contribution >= 4 is 33.4 Å². The number of amidine groups is 1. The maximum absolute atomic E-state index is 13.7. The third-order valence-electron chi connectivity index (χ3n) is 6.13. The number of halogens is 3. The molecule has 0 radical (unpaired) electrons. The van der Waals surface area contributed by atoms with Crippen LogP contribution in [0.2, 0.25) is 0 Å². The van der Waals surface area contributed by atoms with Crippen molar-refractivity contribution in [2.45, 2.75) is 52.3 Å². The van der Waals surface area contributed by atoms with Crippen LogP contribution in [-0.2, 0) is 25.7 Å². The summed E-state index contributed by atoms with van der Waals surface area (Å²) in [5.74, 6) is -3.34. The zero-order valence-corrected chi connectivity index (χ0v) is 24.0. The lowest BCUT2D eigenvalue weighted by Crippen LogP contribution is -2.31. The van der Waals surface area contributed by atoms with E-state index in [4.69, 9.17) is 9.15 Å². The van der Waals surface area contributed by atoms with E-state index >= 15 is 0 Å². The SMILES string of the molecule is CCOC(=O)C1=C(Nc2ccc(C(F)(F)F)c(C(=O)N(C)C)c2O)C(N[C@H](CC)c2cc(C(C)C)co2)=NS1(=O)=O. The van der Waals surface area contributed by atoms with Crippen molar-refractivity contribution in [3.63, 3.8) is 0 Å². The molecule has 2 aromatic rings. The summed E-state index contributed by atoms with van der Waals surface area (Å²) in [4.78, 5) is 25.3. The topological polar surface area (TPSA) is 151 Å². The summed E-state index contributed by atoms with van der Waals surface area (Å²) in [6.07, 6.45) is -3.07. The van der Waals surface area contributed by atoms with Gasteiger partial charge in [-0.1, -0.05) is 20.8 Å². The molecule has 1 aromatic heterocycles. The third-order valence-corrected chi connectivity index (χ3v) is 7.44. The highest BCUT2D eigenvalue weighted by molar-refractivity contribution is 7.95. The van der Waals surface area contributed by atoms with Gasteiger partial charge >= 0.3 is 12.1 Å². The molecule has 224 valence electrons. The zero-order valence-electron chi connectivity index (χ0n) is 23.2. The average molecular weight is 601 g/mol. The lowest BCUT2D eigenvalue weighted by molar-refractivity contribution is -0.138. The highest BCUT2D eigenvalue weighted by Crippen LogP contribution is 2.41. The van der Waals surface area contributed by atoms with Crippen LogP contribution in [0.15, 0.2) is 43.9 Å². The number of phenolic OH excluding ortho intramolecular Hbond substituents is 1. The molecule has 15 heteroatoms. The Kier molecular flexibility index (Phi) is 9.11. The van der Waals surface area contributed by atoms with Gasteiger partial charge in [0.1, 0.15) is 11.5 Å². The smallest absolute Gasteiger partial charge is 0.417 e. The number of phenols is 1. The van der Waals surface area contributed by atoms with Crippen molar-refractivity contribution < 1.29 is 45.4 Å². The van der Waals surface area contributed by atoms with Gasteiger partial charge in [-0.05, 0) is 43.0 Å². The fourth-order valence-electron chi connectivity index (χ4n) is 3.96. The molecule has 3 N–H and O–H groups in total. The number of aromatic hydroxyl groups is 1. The highest BCUT2D eigenvalue weighted by atomic mass is 32.2. The second kappa shape index (κ2) is 11.8. The van der Waals surface area contributed by atoms with Crippen LogP contribution in [0.1, 0.15) is 73.3 Å². The molecular formula is C26H31F3N4O7S. The number of rotatable bonds is 9. The van der Waals surface area contributed by atoms with Crippen LogP contribution in [-0.4, -0.2) is 56.8 Å². The molecule has 1 aliphatic rings. The molecule has 0 bridgehead atoms. The predicted molar refractivity (Wildman–Crippen MR) is 144 cm³/mol. The van der Waals surface area contributed by atoms with Gasteiger partial charge < -0.3 is 29.8 Å². The number of hydrogen-bond acceptors (Lipinski definition) is 9. The number of anilines is 1. The number of furan rings is 1. The molecule has 0 aliphatic carbocycles. The maximum atomic E-state index is 13.7. The average Bonchev–Trinajstić information content (AvgIpc) is 3.45. The Morgan fingerprint density at radius 2 is 1.85 bits per heavy atom. The number of alkyl halides is 3. The Morgan fingerprint density at radius 1 is 1.20 bits per heavy atom. The number of carbonyl (C=O) groups is 2. The predicted octanol–water partition coefficient (Wildman–Crippen LogP) is 4.50. The summed E-state index contributed by atoms with van der Waals surface area (Å²) >= 11 is 0. The minimum atomic E-state index is -5.00. The monoisotopic (exact) mass is 600 g/mol. The molecule has 11 nitrogen and oxygen atoms in total. The van der Waals surface area contributed by atoms with E-state index in [1.54, 1.807) is 19.3 Å². The number of esters is 1. The van der Waals surface area contributed by atoms with Gasteiger partial charge in [0.25, 0.3) is 15.9 Å². The number of carbonyl (C=O) groups excluding carboxylic acids is 2. The second-order valence-electron chi connectivity index (χ2n) is 9.59. The molecule has 1 amide bonds. The quantitative estimate of drug-likeness (QED) is 0.279. The fraction of sp³-hybridized carbons (Fsp3) is 0.423. The van der Waals surface area contributed by atoms with Gasteiger partial charge in [-0.15, -0.1) is 4.40 Å². The van der Waals surface area contributed by atoms with Crippen LogP contribution in [0, 0.1) is 0 Å². The van der Waals surface area contributed by atoms with Crippen molar-refractivity contribution in [1.82, 2.24) is 10.2 Å². The van der Waals surface area contributed by atoms with Gasteiger partial charge in [0, 0.05) is 14.1 Å². The molecule has 1 aliphatic heterocycles. The van der Waals surface area contributed by atoms with Crippen LogP contribution in [0.3, 0.4) is 0 Å².